The average molecular weight is 288 g/mol. The van der Waals surface area contributed by atoms with E-state index in [-0.39, 0.29) is 5.75 Å². The summed E-state index contributed by atoms with van der Waals surface area (Å²) in [5, 5.41) is 0.671. The number of hydrogen-bond acceptors (Lipinski definition) is 3. The SMILES string of the molecule is CCN(CCBr)S(=O)(=O)CCCOC. The van der Waals surface area contributed by atoms with Gasteiger partial charge in [-0.15, -0.1) is 0 Å². The van der Waals surface area contributed by atoms with E-state index in [2.05, 4.69) is 15.9 Å². The van der Waals surface area contributed by atoms with Crippen molar-refractivity contribution in [2.24, 2.45) is 0 Å². The van der Waals surface area contributed by atoms with Gasteiger partial charge in [-0.2, -0.15) is 0 Å². The van der Waals surface area contributed by atoms with Crippen molar-refractivity contribution in [3.8, 4) is 0 Å². The molecule has 0 aromatic carbocycles. The fourth-order valence-electron chi connectivity index (χ4n) is 1.10. The first kappa shape index (κ1) is 14.3. The average Bonchev–Trinajstić information content (AvgIpc) is 2.14. The molecule has 0 aliphatic heterocycles. The van der Waals surface area contributed by atoms with Gasteiger partial charge in [0.1, 0.15) is 0 Å². The molecule has 0 fully saturated rings. The van der Waals surface area contributed by atoms with Gasteiger partial charge < -0.3 is 4.74 Å². The van der Waals surface area contributed by atoms with Crippen LogP contribution in [0.3, 0.4) is 0 Å². The van der Waals surface area contributed by atoms with Gasteiger partial charge in [-0.25, -0.2) is 12.7 Å². The van der Waals surface area contributed by atoms with Gasteiger partial charge in [0.2, 0.25) is 10.0 Å². The molecule has 0 rings (SSSR count). The molecule has 0 aromatic rings. The first-order valence-electron chi connectivity index (χ1n) is 4.61. The molecule has 0 amide bonds. The summed E-state index contributed by atoms with van der Waals surface area (Å²) in [5.74, 6) is 0.168. The van der Waals surface area contributed by atoms with Gasteiger partial charge in [-0.05, 0) is 6.42 Å². The second-order valence-electron chi connectivity index (χ2n) is 2.84. The summed E-state index contributed by atoms with van der Waals surface area (Å²) in [6.45, 7) is 3.40. The van der Waals surface area contributed by atoms with Crippen molar-refractivity contribution in [1.29, 1.82) is 0 Å². The number of hydrogen-bond donors (Lipinski definition) is 0. The summed E-state index contributed by atoms with van der Waals surface area (Å²) < 4.78 is 29.7. The second kappa shape index (κ2) is 7.62. The van der Waals surface area contributed by atoms with Crippen molar-refractivity contribution < 1.29 is 13.2 Å². The van der Waals surface area contributed by atoms with Crippen LogP contribution in [0.2, 0.25) is 0 Å². The topological polar surface area (TPSA) is 46.6 Å². The highest BCUT2D eigenvalue weighted by molar-refractivity contribution is 9.09. The van der Waals surface area contributed by atoms with Crippen LogP contribution in [-0.2, 0) is 14.8 Å². The molecular formula is C8H18BrNO3S. The van der Waals surface area contributed by atoms with E-state index in [1.54, 1.807) is 7.11 Å². The minimum absolute atomic E-state index is 0.168. The fourth-order valence-corrected chi connectivity index (χ4v) is 3.27. The van der Waals surface area contributed by atoms with Gasteiger partial charge in [0.05, 0.1) is 5.75 Å². The number of rotatable bonds is 8. The third-order valence-corrected chi connectivity index (χ3v) is 4.22. The molecule has 0 saturated heterocycles. The van der Waals surface area contributed by atoms with E-state index >= 15 is 0 Å². The van der Waals surface area contributed by atoms with E-state index in [1.165, 1.54) is 4.31 Å². The van der Waals surface area contributed by atoms with Crippen molar-refractivity contribution in [2.75, 3.05) is 37.9 Å². The molecule has 4 nitrogen and oxygen atoms in total. The maximum absolute atomic E-state index is 11.7. The van der Waals surface area contributed by atoms with E-state index in [9.17, 15) is 8.42 Å². The van der Waals surface area contributed by atoms with Crippen molar-refractivity contribution >= 4 is 26.0 Å². The molecule has 0 heterocycles. The van der Waals surface area contributed by atoms with Crippen LogP contribution in [0, 0.1) is 0 Å². The van der Waals surface area contributed by atoms with E-state index < -0.39 is 10.0 Å². The predicted molar refractivity (Wildman–Crippen MR) is 61.3 cm³/mol. The normalized spacial score (nSPS) is 12.3. The monoisotopic (exact) mass is 287 g/mol. The van der Waals surface area contributed by atoms with Crippen LogP contribution in [0.1, 0.15) is 13.3 Å². The zero-order valence-corrected chi connectivity index (χ0v) is 11.1. The number of alkyl halides is 1. The van der Waals surface area contributed by atoms with Gasteiger partial charge in [0, 0.05) is 32.1 Å². The highest BCUT2D eigenvalue weighted by Gasteiger charge is 2.18. The van der Waals surface area contributed by atoms with Crippen molar-refractivity contribution in [3.63, 3.8) is 0 Å². The highest BCUT2D eigenvalue weighted by Crippen LogP contribution is 2.04. The van der Waals surface area contributed by atoms with Crippen LogP contribution in [0.15, 0.2) is 0 Å². The number of nitrogens with zero attached hydrogens (tertiary/aromatic N) is 1. The Kier molecular flexibility index (Phi) is 7.81. The van der Waals surface area contributed by atoms with Gasteiger partial charge in [0.25, 0.3) is 0 Å². The van der Waals surface area contributed by atoms with Crippen LogP contribution < -0.4 is 0 Å². The molecule has 86 valence electrons. The molecule has 0 aliphatic carbocycles. The number of ether oxygens (including phenoxy) is 1. The quantitative estimate of drug-likeness (QED) is 0.496. The van der Waals surface area contributed by atoms with Gasteiger partial charge >= 0.3 is 0 Å². The van der Waals surface area contributed by atoms with E-state index in [0.717, 1.165) is 0 Å². The van der Waals surface area contributed by atoms with Crippen LogP contribution in [0.4, 0.5) is 0 Å². The lowest BCUT2D eigenvalue weighted by atomic mass is 10.5. The molecule has 0 bridgehead atoms. The molecule has 0 unspecified atom stereocenters. The minimum Gasteiger partial charge on any atom is -0.385 e. The standard InChI is InChI=1S/C8H18BrNO3S/c1-3-10(6-5-9)14(11,12)8-4-7-13-2/h3-8H2,1-2H3. The summed E-state index contributed by atoms with van der Waals surface area (Å²) in [7, 11) is -1.51. The molecule has 6 heteroatoms. The molecule has 0 radical (unpaired) electrons. The number of sulfonamides is 1. The highest BCUT2D eigenvalue weighted by atomic mass is 79.9. The molecule has 0 spiro atoms. The molecule has 0 aliphatic rings. The van der Waals surface area contributed by atoms with Gasteiger partial charge in [-0.1, -0.05) is 22.9 Å². The maximum Gasteiger partial charge on any atom is 0.214 e. The molecule has 14 heavy (non-hydrogen) atoms. The Morgan fingerprint density at radius 1 is 1.43 bits per heavy atom. The van der Waals surface area contributed by atoms with Crippen LogP contribution >= 0.6 is 15.9 Å². The Bertz CT molecular complexity index is 231. The fraction of sp³-hybridized carbons (Fsp3) is 1.00. The smallest absolute Gasteiger partial charge is 0.214 e. The Balaban J connectivity index is 4.12. The first-order valence-corrected chi connectivity index (χ1v) is 7.34. The molecule has 0 atom stereocenters. The van der Waals surface area contributed by atoms with Crippen LogP contribution in [0.25, 0.3) is 0 Å². The van der Waals surface area contributed by atoms with Crippen molar-refractivity contribution in [1.82, 2.24) is 4.31 Å². The second-order valence-corrected chi connectivity index (χ2v) is 5.72. The van der Waals surface area contributed by atoms with Gasteiger partial charge in [-0.3, -0.25) is 0 Å². The minimum atomic E-state index is -3.08. The Morgan fingerprint density at radius 2 is 2.07 bits per heavy atom. The summed E-state index contributed by atoms with van der Waals surface area (Å²) in [6, 6.07) is 0. The van der Waals surface area contributed by atoms with Crippen LogP contribution in [0.5, 0.6) is 0 Å². The first-order chi connectivity index (χ1) is 6.58. The zero-order valence-electron chi connectivity index (χ0n) is 8.70. The van der Waals surface area contributed by atoms with E-state index in [0.29, 0.717) is 31.4 Å². The predicted octanol–water partition coefficient (Wildman–Crippen LogP) is 1.07. The molecular weight excluding hydrogens is 270 g/mol. The Labute approximate surface area is 94.8 Å². The van der Waals surface area contributed by atoms with Crippen molar-refractivity contribution in [3.05, 3.63) is 0 Å². The lowest BCUT2D eigenvalue weighted by Gasteiger charge is -2.18. The molecule has 0 saturated carbocycles. The Morgan fingerprint density at radius 3 is 2.50 bits per heavy atom. The number of methoxy groups -OCH3 is 1. The summed E-state index contributed by atoms with van der Waals surface area (Å²) in [6.07, 6.45) is 0.553. The lowest BCUT2D eigenvalue weighted by Crippen LogP contribution is -2.34. The van der Waals surface area contributed by atoms with E-state index in [1.807, 2.05) is 6.92 Å². The summed E-state index contributed by atoms with van der Waals surface area (Å²) in [4.78, 5) is 0. The maximum atomic E-state index is 11.7. The lowest BCUT2D eigenvalue weighted by molar-refractivity contribution is 0.199. The van der Waals surface area contributed by atoms with E-state index in [4.69, 9.17) is 4.74 Å². The van der Waals surface area contributed by atoms with Crippen molar-refractivity contribution in [2.45, 2.75) is 13.3 Å². The Hall–Kier alpha value is 0.350. The molecule has 0 aromatic heterocycles. The zero-order chi connectivity index (χ0) is 11.0. The van der Waals surface area contributed by atoms with Crippen LogP contribution in [-0.4, -0.2) is 50.6 Å². The summed E-state index contributed by atoms with van der Waals surface area (Å²) in [5.41, 5.74) is 0. The largest absolute Gasteiger partial charge is 0.385 e. The third kappa shape index (κ3) is 5.29. The molecule has 0 N–H and O–H groups in total. The number of halogens is 1. The summed E-state index contributed by atoms with van der Waals surface area (Å²) >= 11 is 3.23. The van der Waals surface area contributed by atoms with Gasteiger partial charge in [0.15, 0.2) is 0 Å². The third-order valence-electron chi connectivity index (χ3n) is 1.83.